The average Bonchev–Trinajstić information content (AvgIpc) is 3.28. The Morgan fingerprint density at radius 1 is 1.22 bits per heavy atom. The molecule has 0 spiro atoms. The van der Waals surface area contributed by atoms with Crippen molar-refractivity contribution >= 4 is 5.96 Å². The Morgan fingerprint density at radius 2 is 2.06 bits per heavy atom. The Kier molecular flexibility index (Phi) is 9.13. The summed E-state index contributed by atoms with van der Waals surface area (Å²) in [5.41, 5.74) is 0.840. The number of aliphatic hydroxyl groups excluding tert-OH is 1. The molecule has 0 saturated carbocycles. The lowest BCUT2D eigenvalue weighted by atomic mass is 9.84. The molecule has 1 atom stereocenters. The minimum Gasteiger partial charge on any atom is -0.490 e. The number of rotatable bonds is 11. The fraction of sp³-hybridized carbons (Fsp3) is 0.500. The molecule has 1 unspecified atom stereocenters. The molecule has 1 aromatic carbocycles. The van der Waals surface area contributed by atoms with Crippen LogP contribution >= 0.6 is 0 Å². The van der Waals surface area contributed by atoms with Crippen molar-refractivity contribution in [3.8, 4) is 17.4 Å². The lowest BCUT2D eigenvalue weighted by Crippen LogP contribution is -2.44. The molecule has 2 heterocycles. The molecule has 174 valence electrons. The molecular formula is C24H34N4O4. The predicted octanol–water partition coefficient (Wildman–Crippen LogP) is 3.12. The van der Waals surface area contributed by atoms with Crippen LogP contribution in [0.5, 0.6) is 17.4 Å². The number of aromatic nitrogens is 1. The lowest BCUT2D eigenvalue weighted by molar-refractivity contribution is 0.127. The van der Waals surface area contributed by atoms with Crippen molar-refractivity contribution in [3.63, 3.8) is 0 Å². The second-order valence-corrected chi connectivity index (χ2v) is 7.92. The SMILES string of the molecule is CCCOc1ccccc1Oc1ncccc1CNC(=NC)NCC1(CCO)CCOC1. The Bertz CT molecular complexity index is 869. The highest BCUT2D eigenvalue weighted by molar-refractivity contribution is 5.79. The Labute approximate surface area is 190 Å². The third-order valence-electron chi connectivity index (χ3n) is 5.50. The first-order valence-electron chi connectivity index (χ1n) is 11.2. The van der Waals surface area contributed by atoms with E-state index in [0.29, 0.717) is 56.1 Å². The van der Waals surface area contributed by atoms with Crippen LogP contribution in [0.1, 0.15) is 31.7 Å². The normalized spacial score (nSPS) is 18.4. The van der Waals surface area contributed by atoms with E-state index in [1.165, 1.54) is 0 Å². The highest BCUT2D eigenvalue weighted by Crippen LogP contribution is 2.32. The number of aliphatic imine (C=N–C) groups is 1. The summed E-state index contributed by atoms with van der Waals surface area (Å²) in [5, 5.41) is 16.1. The topological polar surface area (TPSA) is 97.2 Å². The van der Waals surface area contributed by atoms with Gasteiger partial charge in [-0.15, -0.1) is 0 Å². The summed E-state index contributed by atoms with van der Waals surface area (Å²) in [4.78, 5) is 8.75. The molecule has 0 amide bonds. The molecule has 1 aliphatic heterocycles. The summed E-state index contributed by atoms with van der Waals surface area (Å²) >= 11 is 0. The maximum absolute atomic E-state index is 9.43. The van der Waals surface area contributed by atoms with E-state index in [4.69, 9.17) is 14.2 Å². The van der Waals surface area contributed by atoms with Gasteiger partial charge in [0.25, 0.3) is 0 Å². The zero-order chi connectivity index (χ0) is 22.7. The fourth-order valence-corrected chi connectivity index (χ4v) is 3.60. The van der Waals surface area contributed by atoms with Crippen LogP contribution in [-0.2, 0) is 11.3 Å². The minimum atomic E-state index is -0.0584. The van der Waals surface area contributed by atoms with Crippen LogP contribution in [0.3, 0.4) is 0 Å². The number of nitrogens with zero attached hydrogens (tertiary/aromatic N) is 2. The van der Waals surface area contributed by atoms with Gasteiger partial charge in [-0.3, -0.25) is 4.99 Å². The first-order chi connectivity index (χ1) is 15.7. The van der Waals surface area contributed by atoms with Gasteiger partial charge in [0.1, 0.15) is 0 Å². The van der Waals surface area contributed by atoms with Crippen molar-refractivity contribution < 1.29 is 19.3 Å². The maximum Gasteiger partial charge on any atom is 0.224 e. The smallest absolute Gasteiger partial charge is 0.224 e. The van der Waals surface area contributed by atoms with Crippen LogP contribution < -0.4 is 20.1 Å². The highest BCUT2D eigenvalue weighted by Gasteiger charge is 2.34. The number of ether oxygens (including phenoxy) is 3. The standard InChI is InChI=1S/C24H34N4O4/c1-3-14-31-20-8-4-5-9-21(20)32-22-19(7-6-12-26-22)16-27-23(25-2)28-17-24(10-13-29)11-15-30-18-24/h4-9,12,29H,3,10-11,13-18H2,1-2H3,(H2,25,27,28). The van der Waals surface area contributed by atoms with E-state index in [9.17, 15) is 5.11 Å². The molecule has 0 aliphatic carbocycles. The van der Waals surface area contributed by atoms with Gasteiger partial charge >= 0.3 is 0 Å². The summed E-state index contributed by atoms with van der Waals surface area (Å²) < 4.78 is 17.5. The van der Waals surface area contributed by atoms with Gasteiger partial charge in [0.15, 0.2) is 17.5 Å². The maximum atomic E-state index is 9.43. The van der Waals surface area contributed by atoms with Gasteiger partial charge in [-0.2, -0.15) is 0 Å². The molecule has 1 aromatic heterocycles. The van der Waals surface area contributed by atoms with E-state index in [-0.39, 0.29) is 12.0 Å². The number of hydrogen-bond donors (Lipinski definition) is 3. The summed E-state index contributed by atoms with van der Waals surface area (Å²) in [5.74, 6) is 2.53. The number of nitrogens with one attached hydrogen (secondary N) is 2. The average molecular weight is 443 g/mol. The Morgan fingerprint density at radius 3 is 2.78 bits per heavy atom. The van der Waals surface area contributed by atoms with E-state index >= 15 is 0 Å². The van der Waals surface area contributed by atoms with Crippen molar-refractivity contribution in [1.82, 2.24) is 15.6 Å². The molecule has 3 rings (SSSR count). The van der Waals surface area contributed by atoms with Crippen molar-refractivity contribution in [2.24, 2.45) is 10.4 Å². The molecule has 32 heavy (non-hydrogen) atoms. The van der Waals surface area contributed by atoms with Crippen LogP contribution in [0.15, 0.2) is 47.6 Å². The number of benzene rings is 1. The number of aliphatic hydroxyl groups is 1. The van der Waals surface area contributed by atoms with Gasteiger partial charge in [-0.1, -0.05) is 25.1 Å². The van der Waals surface area contributed by atoms with Crippen molar-refractivity contribution in [1.29, 1.82) is 0 Å². The lowest BCUT2D eigenvalue weighted by Gasteiger charge is -2.27. The van der Waals surface area contributed by atoms with Gasteiger partial charge in [-0.05, 0) is 37.5 Å². The number of hydrogen-bond acceptors (Lipinski definition) is 6. The third kappa shape index (κ3) is 6.58. The molecule has 1 fully saturated rings. The van der Waals surface area contributed by atoms with E-state index < -0.39 is 0 Å². The molecule has 0 radical (unpaired) electrons. The molecule has 1 saturated heterocycles. The first-order valence-corrected chi connectivity index (χ1v) is 11.2. The third-order valence-corrected chi connectivity index (χ3v) is 5.50. The first kappa shape index (κ1) is 23.8. The van der Waals surface area contributed by atoms with Crippen LogP contribution in [-0.4, -0.2) is 56.1 Å². The van der Waals surface area contributed by atoms with Gasteiger partial charge in [0.2, 0.25) is 5.88 Å². The van der Waals surface area contributed by atoms with Crippen LogP contribution in [0.4, 0.5) is 0 Å². The summed E-state index contributed by atoms with van der Waals surface area (Å²) in [7, 11) is 1.74. The minimum absolute atomic E-state index is 0.0584. The number of guanidine groups is 1. The van der Waals surface area contributed by atoms with E-state index in [1.807, 2.05) is 36.4 Å². The second-order valence-electron chi connectivity index (χ2n) is 7.92. The van der Waals surface area contributed by atoms with Crippen molar-refractivity contribution in [2.45, 2.75) is 32.7 Å². The van der Waals surface area contributed by atoms with Gasteiger partial charge in [-0.25, -0.2) is 4.98 Å². The van der Waals surface area contributed by atoms with Gasteiger partial charge in [0, 0.05) is 50.5 Å². The summed E-state index contributed by atoms with van der Waals surface area (Å²) in [6, 6.07) is 11.5. The second kappa shape index (κ2) is 12.3. The summed E-state index contributed by atoms with van der Waals surface area (Å²) in [6.45, 7) is 5.40. The predicted molar refractivity (Wildman–Crippen MR) is 124 cm³/mol. The number of pyridine rings is 1. The van der Waals surface area contributed by atoms with Crippen LogP contribution in [0, 0.1) is 5.41 Å². The zero-order valence-corrected chi connectivity index (χ0v) is 19.0. The molecule has 8 heteroatoms. The molecule has 0 bridgehead atoms. The number of para-hydroxylation sites is 2. The van der Waals surface area contributed by atoms with E-state index in [0.717, 1.165) is 25.0 Å². The molecule has 1 aliphatic rings. The van der Waals surface area contributed by atoms with E-state index in [1.54, 1.807) is 13.2 Å². The van der Waals surface area contributed by atoms with Gasteiger partial charge < -0.3 is 30.0 Å². The van der Waals surface area contributed by atoms with Crippen molar-refractivity contribution in [2.75, 3.05) is 40.0 Å². The van der Waals surface area contributed by atoms with E-state index in [2.05, 4.69) is 27.5 Å². The molecule has 8 nitrogen and oxygen atoms in total. The van der Waals surface area contributed by atoms with Crippen LogP contribution in [0.25, 0.3) is 0 Å². The van der Waals surface area contributed by atoms with Gasteiger partial charge in [0.05, 0.1) is 13.2 Å². The Balaban J connectivity index is 1.62. The zero-order valence-electron chi connectivity index (χ0n) is 19.0. The molecular weight excluding hydrogens is 408 g/mol. The molecule has 2 aromatic rings. The quantitative estimate of drug-likeness (QED) is 0.363. The van der Waals surface area contributed by atoms with Crippen LogP contribution in [0.2, 0.25) is 0 Å². The highest BCUT2D eigenvalue weighted by atomic mass is 16.5. The summed E-state index contributed by atoms with van der Waals surface area (Å²) in [6.07, 6.45) is 4.26. The molecule has 3 N–H and O–H groups in total. The fourth-order valence-electron chi connectivity index (χ4n) is 3.60. The monoisotopic (exact) mass is 442 g/mol. The Hall–Kier alpha value is -2.84. The largest absolute Gasteiger partial charge is 0.490 e. The van der Waals surface area contributed by atoms with Crippen molar-refractivity contribution in [3.05, 3.63) is 48.2 Å².